The molecule has 96 valence electrons. The van der Waals surface area contributed by atoms with Crippen molar-refractivity contribution in [1.29, 1.82) is 0 Å². The van der Waals surface area contributed by atoms with E-state index in [0.29, 0.717) is 6.61 Å². The predicted molar refractivity (Wildman–Crippen MR) is 67.0 cm³/mol. The fraction of sp³-hybridized carbons (Fsp3) is 0.923. The topological polar surface area (TPSA) is 52.3 Å². The standard InChI is InChI=1S/C13H27NO2/c1-9(2)10(14)11(15)16-8-13(6,7)12(3,4)5/h9-10H,8,14H2,1-7H3. The number of esters is 1. The van der Waals surface area contributed by atoms with Crippen molar-refractivity contribution in [1.82, 2.24) is 0 Å². The van der Waals surface area contributed by atoms with Gasteiger partial charge >= 0.3 is 5.97 Å². The van der Waals surface area contributed by atoms with Gasteiger partial charge in [0.05, 0.1) is 6.61 Å². The van der Waals surface area contributed by atoms with Crippen molar-refractivity contribution < 1.29 is 9.53 Å². The zero-order chi connectivity index (χ0) is 13.1. The number of carbonyl (C=O) groups is 1. The van der Waals surface area contributed by atoms with Gasteiger partial charge in [-0.05, 0) is 11.3 Å². The first-order valence-electron chi connectivity index (χ1n) is 5.91. The quantitative estimate of drug-likeness (QED) is 0.754. The number of hydrogen-bond donors (Lipinski definition) is 1. The number of ether oxygens (including phenoxy) is 1. The summed E-state index contributed by atoms with van der Waals surface area (Å²) < 4.78 is 5.29. The second-order valence-corrected chi connectivity index (χ2v) is 6.51. The third-order valence-corrected chi connectivity index (χ3v) is 3.60. The third kappa shape index (κ3) is 4.12. The van der Waals surface area contributed by atoms with Gasteiger partial charge in [-0.25, -0.2) is 0 Å². The molecule has 1 atom stereocenters. The maximum Gasteiger partial charge on any atom is 0.323 e. The van der Waals surface area contributed by atoms with Gasteiger partial charge in [0, 0.05) is 5.41 Å². The van der Waals surface area contributed by atoms with Crippen LogP contribution in [-0.2, 0) is 9.53 Å². The molecule has 0 rings (SSSR count). The van der Waals surface area contributed by atoms with Crippen LogP contribution in [0.1, 0.15) is 48.5 Å². The minimum atomic E-state index is -0.518. The van der Waals surface area contributed by atoms with Crippen molar-refractivity contribution in [3.05, 3.63) is 0 Å². The Morgan fingerprint density at radius 2 is 1.62 bits per heavy atom. The third-order valence-electron chi connectivity index (χ3n) is 3.60. The van der Waals surface area contributed by atoms with Crippen LogP contribution >= 0.6 is 0 Å². The van der Waals surface area contributed by atoms with Crippen molar-refractivity contribution in [2.45, 2.75) is 54.5 Å². The minimum Gasteiger partial charge on any atom is -0.464 e. The number of rotatable bonds is 4. The lowest BCUT2D eigenvalue weighted by Gasteiger charge is -2.38. The fourth-order valence-corrected chi connectivity index (χ4v) is 0.836. The van der Waals surface area contributed by atoms with E-state index in [1.807, 2.05) is 13.8 Å². The number of carbonyl (C=O) groups excluding carboxylic acids is 1. The summed E-state index contributed by atoms with van der Waals surface area (Å²) in [5.74, 6) is -0.183. The molecule has 0 spiro atoms. The first-order chi connectivity index (χ1) is 6.99. The van der Waals surface area contributed by atoms with Gasteiger partial charge < -0.3 is 10.5 Å². The Bertz CT molecular complexity index is 239. The van der Waals surface area contributed by atoms with Crippen LogP contribution in [0.2, 0.25) is 0 Å². The Kier molecular flexibility index (Phi) is 4.99. The Morgan fingerprint density at radius 1 is 1.19 bits per heavy atom. The monoisotopic (exact) mass is 229 g/mol. The van der Waals surface area contributed by atoms with E-state index < -0.39 is 6.04 Å². The molecular weight excluding hydrogens is 202 g/mol. The van der Waals surface area contributed by atoms with Crippen LogP contribution < -0.4 is 5.73 Å². The van der Waals surface area contributed by atoms with E-state index in [-0.39, 0.29) is 22.7 Å². The maximum atomic E-state index is 11.6. The lowest BCUT2D eigenvalue weighted by molar-refractivity contribution is -0.151. The van der Waals surface area contributed by atoms with Crippen LogP contribution in [0.4, 0.5) is 0 Å². The lowest BCUT2D eigenvalue weighted by Crippen LogP contribution is -2.41. The molecular formula is C13H27NO2. The predicted octanol–water partition coefficient (Wildman–Crippen LogP) is 2.59. The summed E-state index contributed by atoms with van der Waals surface area (Å²) in [6.45, 7) is 14.9. The highest BCUT2D eigenvalue weighted by Gasteiger charge is 2.34. The van der Waals surface area contributed by atoms with Crippen molar-refractivity contribution in [3.8, 4) is 0 Å². The summed E-state index contributed by atoms with van der Waals surface area (Å²) in [5, 5.41) is 0. The molecule has 0 saturated heterocycles. The van der Waals surface area contributed by atoms with Crippen molar-refractivity contribution >= 4 is 5.97 Å². The van der Waals surface area contributed by atoms with Crippen molar-refractivity contribution in [2.24, 2.45) is 22.5 Å². The largest absolute Gasteiger partial charge is 0.464 e. The van der Waals surface area contributed by atoms with E-state index in [4.69, 9.17) is 10.5 Å². The van der Waals surface area contributed by atoms with Crippen molar-refractivity contribution in [3.63, 3.8) is 0 Å². The first-order valence-corrected chi connectivity index (χ1v) is 5.91. The Hall–Kier alpha value is -0.570. The average Bonchev–Trinajstić information content (AvgIpc) is 2.11. The van der Waals surface area contributed by atoms with Gasteiger partial charge in [0.15, 0.2) is 0 Å². The molecule has 0 heterocycles. The van der Waals surface area contributed by atoms with E-state index in [9.17, 15) is 4.79 Å². The summed E-state index contributed by atoms with van der Waals surface area (Å²) in [4.78, 5) is 11.6. The molecule has 0 aromatic carbocycles. The fourth-order valence-electron chi connectivity index (χ4n) is 0.836. The highest BCUT2D eigenvalue weighted by Crippen LogP contribution is 2.37. The molecule has 0 aliphatic rings. The molecule has 0 amide bonds. The van der Waals surface area contributed by atoms with E-state index in [2.05, 4.69) is 34.6 Å². The molecule has 0 radical (unpaired) electrons. The van der Waals surface area contributed by atoms with Crippen LogP contribution in [0.15, 0.2) is 0 Å². The Balaban J connectivity index is 4.31. The van der Waals surface area contributed by atoms with Gasteiger partial charge in [-0.1, -0.05) is 48.5 Å². The molecule has 0 bridgehead atoms. The zero-order valence-corrected chi connectivity index (χ0v) is 11.8. The van der Waals surface area contributed by atoms with Crippen molar-refractivity contribution in [2.75, 3.05) is 6.61 Å². The number of hydrogen-bond acceptors (Lipinski definition) is 3. The summed E-state index contributed by atoms with van der Waals surface area (Å²) in [6, 6.07) is -0.518. The van der Waals surface area contributed by atoms with Gasteiger partial charge in [0.2, 0.25) is 0 Å². The first kappa shape index (κ1) is 15.4. The second-order valence-electron chi connectivity index (χ2n) is 6.51. The normalized spacial score (nSPS) is 15.1. The van der Waals surface area contributed by atoms with Gasteiger partial charge in [0.25, 0.3) is 0 Å². The summed E-state index contributed by atoms with van der Waals surface area (Å²) in [7, 11) is 0. The SMILES string of the molecule is CC(C)C(N)C(=O)OCC(C)(C)C(C)(C)C. The molecule has 3 nitrogen and oxygen atoms in total. The minimum absolute atomic E-state index is 0.0562. The molecule has 3 heteroatoms. The van der Waals surface area contributed by atoms with E-state index in [1.54, 1.807) is 0 Å². The van der Waals surface area contributed by atoms with Crippen LogP contribution in [-0.4, -0.2) is 18.6 Å². The van der Waals surface area contributed by atoms with Crippen LogP contribution in [0.5, 0.6) is 0 Å². The van der Waals surface area contributed by atoms with Crippen LogP contribution in [0.25, 0.3) is 0 Å². The smallest absolute Gasteiger partial charge is 0.323 e. The number of nitrogens with two attached hydrogens (primary N) is 1. The van der Waals surface area contributed by atoms with E-state index >= 15 is 0 Å². The molecule has 0 aliphatic carbocycles. The molecule has 0 aliphatic heterocycles. The van der Waals surface area contributed by atoms with Gasteiger partial charge in [0.1, 0.15) is 6.04 Å². The summed E-state index contributed by atoms with van der Waals surface area (Å²) in [6.07, 6.45) is 0. The van der Waals surface area contributed by atoms with Gasteiger partial charge in [-0.2, -0.15) is 0 Å². The highest BCUT2D eigenvalue weighted by atomic mass is 16.5. The Labute approximate surface area is 99.7 Å². The lowest BCUT2D eigenvalue weighted by atomic mass is 9.70. The summed E-state index contributed by atoms with van der Waals surface area (Å²) in [5.41, 5.74) is 5.76. The molecule has 0 saturated carbocycles. The molecule has 0 fully saturated rings. The second kappa shape index (κ2) is 5.17. The molecule has 0 aromatic heterocycles. The highest BCUT2D eigenvalue weighted by molar-refractivity contribution is 5.75. The molecule has 2 N–H and O–H groups in total. The molecule has 16 heavy (non-hydrogen) atoms. The molecule has 1 unspecified atom stereocenters. The van der Waals surface area contributed by atoms with E-state index in [0.717, 1.165) is 0 Å². The van der Waals surface area contributed by atoms with Gasteiger partial charge in [-0.15, -0.1) is 0 Å². The van der Waals surface area contributed by atoms with E-state index in [1.165, 1.54) is 0 Å². The maximum absolute atomic E-state index is 11.6. The Morgan fingerprint density at radius 3 is 1.94 bits per heavy atom. The van der Waals surface area contributed by atoms with Gasteiger partial charge in [-0.3, -0.25) is 4.79 Å². The van der Waals surface area contributed by atoms with Crippen LogP contribution in [0.3, 0.4) is 0 Å². The molecule has 0 aromatic rings. The zero-order valence-electron chi connectivity index (χ0n) is 11.8. The average molecular weight is 229 g/mol. The summed E-state index contributed by atoms with van der Waals surface area (Å²) >= 11 is 0. The van der Waals surface area contributed by atoms with Crippen LogP contribution in [0, 0.1) is 16.7 Å².